The summed E-state index contributed by atoms with van der Waals surface area (Å²) in [6, 6.07) is 9.99. The first-order valence-electron chi connectivity index (χ1n) is 4.08. The van der Waals surface area contributed by atoms with Gasteiger partial charge in [0.05, 0.1) is 11.9 Å². The molecule has 0 heterocycles. The lowest BCUT2D eigenvalue weighted by atomic mass is 9.94. The predicted octanol–water partition coefficient (Wildman–Crippen LogP) is 3.48. The van der Waals surface area contributed by atoms with Gasteiger partial charge in [-0.15, -0.1) is 0 Å². The maximum absolute atomic E-state index is 5.44. The van der Waals surface area contributed by atoms with E-state index < -0.39 is 0 Å². The molecule has 12 heavy (non-hydrogen) atoms. The van der Waals surface area contributed by atoms with E-state index in [0.29, 0.717) is 0 Å². The largest absolute Gasteiger partial charge is 0.268 e. The molecule has 0 bridgehead atoms. The van der Waals surface area contributed by atoms with Gasteiger partial charge in [-0.2, -0.15) is 0 Å². The molecular weight excluding hydrogens is 172 g/mol. The first-order chi connectivity index (χ1) is 5.73. The van der Waals surface area contributed by atoms with Gasteiger partial charge in [0.25, 0.3) is 0 Å². The number of hydrogen-bond donors (Lipinski definition) is 0. The minimum absolute atomic E-state index is 0.358. The average molecular weight is 185 g/mol. The molecule has 1 unspecified atom stereocenters. The van der Waals surface area contributed by atoms with Gasteiger partial charge in [-0.25, -0.2) is 0 Å². The Hall–Kier alpha value is -0.530. The molecule has 1 aromatic carbocycles. The van der Waals surface area contributed by atoms with E-state index >= 15 is 0 Å². The van der Waals surface area contributed by atoms with Gasteiger partial charge in [0, 0.05) is 0 Å². The van der Waals surface area contributed by atoms with Crippen LogP contribution < -0.4 is 0 Å². The Balaban J connectivity index is 2.95. The normalized spacial score (nSPS) is 15.6. The van der Waals surface area contributed by atoms with Gasteiger partial charge in [-0.05, 0) is 18.9 Å². The van der Waals surface area contributed by atoms with E-state index in [4.69, 9.17) is 16.2 Å². The van der Waals surface area contributed by atoms with E-state index in [9.17, 15) is 0 Å². The standard InChI is InChI=1S/C10H13ClO/c1-3-10(2,12-11)9-7-5-4-6-8-9/h4-8H,3H2,1-2H3. The number of halogens is 1. The van der Waals surface area contributed by atoms with Crippen LogP contribution in [0, 0.1) is 0 Å². The third-order valence-corrected chi connectivity index (χ3v) is 2.57. The zero-order valence-electron chi connectivity index (χ0n) is 7.38. The van der Waals surface area contributed by atoms with Crippen LogP contribution in [0.5, 0.6) is 0 Å². The molecule has 2 heteroatoms. The molecule has 0 fully saturated rings. The highest BCUT2D eigenvalue weighted by molar-refractivity contribution is 6.07. The molecule has 1 aromatic rings. The van der Waals surface area contributed by atoms with Crippen LogP contribution in [-0.2, 0) is 9.89 Å². The summed E-state index contributed by atoms with van der Waals surface area (Å²) in [5.74, 6) is 0. The van der Waals surface area contributed by atoms with Crippen LogP contribution in [0.15, 0.2) is 30.3 Å². The smallest absolute Gasteiger partial charge is 0.112 e. The summed E-state index contributed by atoms with van der Waals surface area (Å²) in [6.45, 7) is 4.03. The van der Waals surface area contributed by atoms with Crippen molar-refractivity contribution in [2.75, 3.05) is 0 Å². The fourth-order valence-electron chi connectivity index (χ4n) is 1.09. The van der Waals surface area contributed by atoms with Gasteiger partial charge in [0.15, 0.2) is 0 Å². The topological polar surface area (TPSA) is 9.23 Å². The van der Waals surface area contributed by atoms with E-state index in [0.717, 1.165) is 12.0 Å². The molecule has 1 nitrogen and oxygen atoms in total. The number of benzene rings is 1. The zero-order chi connectivity index (χ0) is 9.03. The fourth-order valence-corrected chi connectivity index (χ4v) is 1.29. The summed E-state index contributed by atoms with van der Waals surface area (Å²) in [5, 5.41) is 0. The Morgan fingerprint density at radius 3 is 2.33 bits per heavy atom. The van der Waals surface area contributed by atoms with Crippen molar-refractivity contribution in [1.29, 1.82) is 0 Å². The number of rotatable bonds is 3. The van der Waals surface area contributed by atoms with Crippen LogP contribution in [-0.4, -0.2) is 0 Å². The molecule has 66 valence electrons. The molecule has 0 amide bonds. The van der Waals surface area contributed by atoms with E-state index in [-0.39, 0.29) is 5.60 Å². The van der Waals surface area contributed by atoms with Crippen LogP contribution in [0.1, 0.15) is 25.8 Å². The summed E-state index contributed by atoms with van der Waals surface area (Å²) >= 11 is 5.44. The molecule has 0 saturated heterocycles. The first-order valence-corrected chi connectivity index (χ1v) is 4.39. The van der Waals surface area contributed by atoms with Crippen molar-refractivity contribution in [1.82, 2.24) is 0 Å². The lowest BCUT2D eigenvalue weighted by molar-refractivity contribution is 0.0969. The van der Waals surface area contributed by atoms with Crippen LogP contribution in [0.4, 0.5) is 0 Å². The molecule has 1 atom stereocenters. The Bertz CT molecular complexity index is 229. The second-order valence-corrected chi connectivity index (χ2v) is 3.18. The van der Waals surface area contributed by atoms with Gasteiger partial charge in [0.1, 0.15) is 5.60 Å². The summed E-state index contributed by atoms with van der Waals surface area (Å²) in [4.78, 5) is 0. The zero-order valence-corrected chi connectivity index (χ0v) is 8.14. The van der Waals surface area contributed by atoms with E-state index in [2.05, 4.69) is 6.92 Å². The van der Waals surface area contributed by atoms with Gasteiger partial charge in [-0.3, -0.25) is 4.29 Å². The van der Waals surface area contributed by atoms with E-state index in [1.807, 2.05) is 37.3 Å². The fraction of sp³-hybridized carbons (Fsp3) is 0.400. The van der Waals surface area contributed by atoms with Crippen LogP contribution >= 0.6 is 11.9 Å². The van der Waals surface area contributed by atoms with Crippen molar-refractivity contribution in [2.24, 2.45) is 0 Å². The SMILES string of the molecule is CCC(C)(OCl)c1ccccc1. The van der Waals surface area contributed by atoms with Crippen LogP contribution in [0.3, 0.4) is 0 Å². The van der Waals surface area contributed by atoms with Crippen LogP contribution in [0.25, 0.3) is 0 Å². The molecule has 0 saturated carbocycles. The highest BCUT2D eigenvalue weighted by Gasteiger charge is 2.24. The molecule has 0 aromatic heterocycles. The average Bonchev–Trinajstić information content (AvgIpc) is 2.18. The minimum Gasteiger partial charge on any atom is -0.268 e. The third kappa shape index (κ3) is 1.79. The second kappa shape index (κ2) is 3.92. The molecular formula is C10H13ClO. The summed E-state index contributed by atoms with van der Waals surface area (Å²) in [7, 11) is 0. The minimum atomic E-state index is -0.358. The van der Waals surface area contributed by atoms with Gasteiger partial charge < -0.3 is 0 Å². The van der Waals surface area contributed by atoms with Crippen molar-refractivity contribution in [2.45, 2.75) is 25.9 Å². The third-order valence-electron chi connectivity index (χ3n) is 2.23. The molecule has 0 radical (unpaired) electrons. The van der Waals surface area contributed by atoms with Gasteiger partial charge >= 0.3 is 0 Å². The van der Waals surface area contributed by atoms with Crippen molar-refractivity contribution in [3.8, 4) is 0 Å². The molecule has 0 N–H and O–H groups in total. The number of hydrogen-bond acceptors (Lipinski definition) is 1. The molecule has 0 aliphatic rings. The highest BCUT2D eigenvalue weighted by Crippen LogP contribution is 2.29. The Labute approximate surface area is 78.5 Å². The first kappa shape index (κ1) is 9.56. The predicted molar refractivity (Wildman–Crippen MR) is 51.0 cm³/mol. The maximum atomic E-state index is 5.44. The van der Waals surface area contributed by atoms with Gasteiger partial charge in [-0.1, -0.05) is 37.3 Å². The van der Waals surface area contributed by atoms with Crippen molar-refractivity contribution >= 4 is 11.9 Å². The van der Waals surface area contributed by atoms with Crippen LogP contribution in [0.2, 0.25) is 0 Å². The quantitative estimate of drug-likeness (QED) is 0.699. The Morgan fingerprint density at radius 2 is 1.92 bits per heavy atom. The Kier molecular flexibility index (Phi) is 3.12. The lowest BCUT2D eigenvalue weighted by Gasteiger charge is -2.24. The van der Waals surface area contributed by atoms with Crippen molar-refractivity contribution in [3.05, 3.63) is 35.9 Å². The van der Waals surface area contributed by atoms with Gasteiger partial charge in [0.2, 0.25) is 0 Å². The molecule has 0 spiro atoms. The molecule has 1 rings (SSSR count). The van der Waals surface area contributed by atoms with E-state index in [1.54, 1.807) is 0 Å². The maximum Gasteiger partial charge on any atom is 0.112 e. The monoisotopic (exact) mass is 184 g/mol. The summed E-state index contributed by atoms with van der Waals surface area (Å²) < 4.78 is 4.95. The highest BCUT2D eigenvalue weighted by atomic mass is 35.5. The lowest BCUT2D eigenvalue weighted by Crippen LogP contribution is -2.20. The summed E-state index contributed by atoms with van der Waals surface area (Å²) in [6.07, 6.45) is 0.862. The molecule has 0 aliphatic heterocycles. The van der Waals surface area contributed by atoms with E-state index in [1.165, 1.54) is 0 Å². The second-order valence-electron chi connectivity index (χ2n) is 3.03. The van der Waals surface area contributed by atoms with Crippen molar-refractivity contribution < 1.29 is 4.29 Å². The van der Waals surface area contributed by atoms with Crippen molar-refractivity contribution in [3.63, 3.8) is 0 Å². The Morgan fingerprint density at radius 1 is 1.33 bits per heavy atom. The molecule has 0 aliphatic carbocycles. The summed E-state index contributed by atoms with van der Waals surface area (Å²) in [5.41, 5.74) is 0.755.